The molecule has 0 saturated carbocycles. The van der Waals surface area contributed by atoms with E-state index in [9.17, 15) is 4.57 Å². The van der Waals surface area contributed by atoms with Crippen molar-refractivity contribution in [2.45, 2.75) is 12.5 Å². The lowest BCUT2D eigenvalue weighted by atomic mass is 10.2. The molecule has 0 bridgehead atoms. The first-order valence-electron chi connectivity index (χ1n) is 4.29. The van der Waals surface area contributed by atoms with Crippen LogP contribution in [0.15, 0.2) is 0 Å². The Morgan fingerprint density at radius 1 is 1.36 bits per heavy atom. The molecule has 0 aromatic carbocycles. The van der Waals surface area contributed by atoms with Crippen molar-refractivity contribution in [3.8, 4) is 0 Å². The van der Waals surface area contributed by atoms with Crippen LogP contribution in [0.1, 0.15) is 6.42 Å². The Labute approximate surface area is 83.9 Å². The summed E-state index contributed by atoms with van der Waals surface area (Å²) in [5.74, 6) is 0. The molecule has 3 N–H and O–H groups in total. The Morgan fingerprint density at radius 2 is 1.86 bits per heavy atom. The lowest BCUT2D eigenvalue weighted by molar-refractivity contribution is -0.873. The highest BCUT2D eigenvalue weighted by Gasteiger charge is 2.26. The number of phosphoric ester groups is 1. The highest BCUT2D eigenvalue weighted by Crippen LogP contribution is 2.38. The first-order chi connectivity index (χ1) is 6.14. The van der Waals surface area contributed by atoms with E-state index in [1.807, 2.05) is 21.1 Å². The molecule has 14 heavy (non-hydrogen) atoms. The maximum absolute atomic E-state index is 10.6. The minimum absolute atomic E-state index is 0.148. The fourth-order valence-corrected chi connectivity index (χ4v) is 1.69. The fraction of sp³-hybridized carbons (Fsp3) is 1.00. The van der Waals surface area contributed by atoms with E-state index in [1.165, 1.54) is 0 Å². The zero-order valence-corrected chi connectivity index (χ0v) is 9.65. The summed E-state index contributed by atoms with van der Waals surface area (Å²) < 4.78 is 15.6. The first-order valence-corrected chi connectivity index (χ1v) is 5.82. The van der Waals surface area contributed by atoms with Crippen LogP contribution in [0.3, 0.4) is 0 Å². The van der Waals surface area contributed by atoms with Crippen molar-refractivity contribution in [1.82, 2.24) is 0 Å². The summed E-state index contributed by atoms with van der Waals surface area (Å²) in [7, 11) is 1.19. The van der Waals surface area contributed by atoms with Gasteiger partial charge in [0.2, 0.25) is 0 Å². The van der Waals surface area contributed by atoms with Gasteiger partial charge in [-0.05, 0) is 0 Å². The molecule has 0 aromatic rings. The first kappa shape index (κ1) is 14.0. The number of nitrogens with zero attached hydrogens (tertiary/aromatic N) is 1. The summed E-state index contributed by atoms with van der Waals surface area (Å²) in [6.07, 6.45) is -0.401. The van der Waals surface area contributed by atoms with Crippen molar-refractivity contribution in [2.75, 3.05) is 34.3 Å². The van der Waals surface area contributed by atoms with Crippen molar-refractivity contribution in [3.63, 3.8) is 0 Å². The molecule has 0 saturated heterocycles. The Morgan fingerprint density at radius 3 is 2.14 bits per heavy atom. The van der Waals surface area contributed by atoms with Crippen molar-refractivity contribution >= 4 is 7.82 Å². The number of quaternary nitrogens is 1. The van der Waals surface area contributed by atoms with E-state index >= 15 is 0 Å². The van der Waals surface area contributed by atoms with Crippen LogP contribution in [0.4, 0.5) is 0 Å². The van der Waals surface area contributed by atoms with Crippen LogP contribution >= 0.6 is 7.82 Å². The summed E-state index contributed by atoms with van der Waals surface area (Å²) in [6.45, 7) is 0.288. The smallest absolute Gasteiger partial charge is 0.396 e. The van der Waals surface area contributed by atoms with Crippen LogP contribution in [0, 0.1) is 0 Å². The molecule has 0 aliphatic carbocycles. The number of phosphoric acid groups is 1. The molecule has 0 fully saturated rings. The largest absolute Gasteiger partial charge is 0.470 e. The molecule has 6 nitrogen and oxygen atoms in total. The fourth-order valence-electron chi connectivity index (χ4n) is 1.13. The monoisotopic (exact) mass is 228 g/mol. The lowest BCUT2D eigenvalue weighted by Gasteiger charge is -2.28. The highest BCUT2D eigenvalue weighted by atomic mass is 31.2. The Balaban J connectivity index is 4.23. The van der Waals surface area contributed by atoms with Crippen LogP contribution in [0.2, 0.25) is 0 Å². The quantitative estimate of drug-likeness (QED) is 0.423. The maximum atomic E-state index is 10.6. The van der Waals surface area contributed by atoms with Crippen LogP contribution in [0.25, 0.3) is 0 Å². The molecule has 86 valence electrons. The predicted molar refractivity (Wildman–Crippen MR) is 51.5 cm³/mol. The van der Waals surface area contributed by atoms with Gasteiger partial charge in [0.05, 0.1) is 21.1 Å². The Hall–Kier alpha value is 0.0300. The minimum atomic E-state index is -4.46. The molecule has 0 aliphatic heterocycles. The van der Waals surface area contributed by atoms with Gasteiger partial charge >= 0.3 is 7.82 Å². The average molecular weight is 228 g/mol. The maximum Gasteiger partial charge on any atom is 0.470 e. The van der Waals surface area contributed by atoms with Crippen LogP contribution in [-0.2, 0) is 9.09 Å². The Kier molecular flexibility index (Phi) is 5.22. The van der Waals surface area contributed by atoms with Gasteiger partial charge in [0.15, 0.2) is 0 Å². The number of hydrogen-bond donors (Lipinski definition) is 3. The molecule has 0 aliphatic rings. The Bertz CT molecular complexity index is 209. The predicted octanol–water partition coefficient (Wildman–Crippen LogP) is -0.447. The zero-order valence-electron chi connectivity index (χ0n) is 8.75. The van der Waals surface area contributed by atoms with Crippen LogP contribution in [0.5, 0.6) is 0 Å². The molecule has 0 heterocycles. The molecule has 0 rings (SSSR count). The zero-order chi connectivity index (χ0) is 11.4. The molecule has 0 radical (unpaired) electrons. The number of likely N-dealkylation sites (N-methyl/N-ethyl adjacent to an activating group) is 1. The van der Waals surface area contributed by atoms with Gasteiger partial charge in [-0.25, -0.2) is 4.57 Å². The summed E-state index contributed by atoms with van der Waals surface area (Å²) in [6, 6.07) is 0. The van der Waals surface area contributed by atoms with Gasteiger partial charge in [-0.1, -0.05) is 0 Å². The van der Waals surface area contributed by atoms with E-state index in [1.54, 1.807) is 0 Å². The molecular weight excluding hydrogens is 209 g/mol. The van der Waals surface area contributed by atoms with Gasteiger partial charge in [0, 0.05) is 13.0 Å². The number of hydrogen-bond acceptors (Lipinski definition) is 3. The molecule has 1 atom stereocenters. The van der Waals surface area contributed by atoms with Gasteiger partial charge in [0.25, 0.3) is 0 Å². The summed E-state index contributed by atoms with van der Waals surface area (Å²) in [4.78, 5) is 17.2. The number of aliphatic hydroxyl groups is 1. The molecule has 7 heteroatoms. The second-order valence-corrected chi connectivity index (χ2v) is 5.40. The van der Waals surface area contributed by atoms with E-state index < -0.39 is 13.9 Å². The highest BCUT2D eigenvalue weighted by molar-refractivity contribution is 7.46. The standard InChI is InChI=1S/C7H18NO5P/c1-8(2,3)6-7(4-5-9)13-14(10,11)12/h7,9H,4-6H2,1-3H3,(H-,10,11,12)/p+1. The summed E-state index contributed by atoms with van der Waals surface area (Å²) in [5, 5.41) is 8.69. The normalized spacial score (nSPS) is 15.6. The third kappa shape index (κ3) is 8.62. The van der Waals surface area contributed by atoms with E-state index in [0.29, 0.717) is 11.0 Å². The number of rotatable bonds is 6. The third-order valence-corrected chi connectivity index (χ3v) is 2.06. The van der Waals surface area contributed by atoms with E-state index in [0.717, 1.165) is 0 Å². The van der Waals surface area contributed by atoms with Crippen molar-refractivity contribution in [2.24, 2.45) is 0 Å². The SMILES string of the molecule is C[N+](C)(C)CC(CCO)OP(=O)(O)O. The summed E-state index contributed by atoms with van der Waals surface area (Å²) >= 11 is 0. The minimum Gasteiger partial charge on any atom is -0.396 e. The van der Waals surface area contributed by atoms with Crippen molar-refractivity contribution < 1.29 is 28.5 Å². The van der Waals surface area contributed by atoms with Crippen molar-refractivity contribution in [3.05, 3.63) is 0 Å². The number of aliphatic hydroxyl groups excluding tert-OH is 1. The van der Waals surface area contributed by atoms with Gasteiger partial charge in [-0.15, -0.1) is 0 Å². The van der Waals surface area contributed by atoms with Gasteiger partial charge in [0.1, 0.15) is 12.6 Å². The molecule has 0 amide bonds. The molecule has 0 aromatic heterocycles. The van der Waals surface area contributed by atoms with E-state index in [-0.39, 0.29) is 13.0 Å². The lowest BCUT2D eigenvalue weighted by Crippen LogP contribution is -2.42. The van der Waals surface area contributed by atoms with Crippen LogP contribution < -0.4 is 0 Å². The van der Waals surface area contributed by atoms with Gasteiger partial charge in [-0.3, -0.25) is 4.52 Å². The van der Waals surface area contributed by atoms with E-state index in [4.69, 9.17) is 14.9 Å². The third-order valence-electron chi connectivity index (χ3n) is 1.49. The van der Waals surface area contributed by atoms with Gasteiger partial charge in [-0.2, -0.15) is 0 Å². The van der Waals surface area contributed by atoms with E-state index in [2.05, 4.69) is 4.52 Å². The second-order valence-electron chi connectivity index (χ2n) is 4.20. The summed E-state index contributed by atoms with van der Waals surface area (Å²) in [5.41, 5.74) is 0. The molecular formula is C7H19NO5P+. The second kappa shape index (κ2) is 5.21. The van der Waals surface area contributed by atoms with Crippen LogP contribution in [-0.4, -0.2) is 59.8 Å². The molecule has 1 unspecified atom stereocenters. The molecule has 0 spiro atoms. The average Bonchev–Trinajstić information content (AvgIpc) is 1.78. The van der Waals surface area contributed by atoms with Crippen molar-refractivity contribution in [1.29, 1.82) is 0 Å². The topological polar surface area (TPSA) is 87.0 Å². The van der Waals surface area contributed by atoms with Gasteiger partial charge < -0.3 is 19.4 Å².